The first kappa shape index (κ1) is 18.5. The Morgan fingerprint density at radius 2 is 2.37 bits per heavy atom. The fourth-order valence-corrected chi connectivity index (χ4v) is 4.41. The number of hydrogen-bond donors (Lipinski definition) is 2. The molecule has 0 saturated carbocycles. The van der Waals surface area contributed by atoms with Crippen molar-refractivity contribution in [2.45, 2.75) is 19.4 Å². The molecule has 1 aromatic heterocycles. The molecule has 6 nitrogen and oxygen atoms in total. The van der Waals surface area contributed by atoms with E-state index in [0.29, 0.717) is 24.7 Å². The predicted molar refractivity (Wildman–Crippen MR) is 104 cm³/mol. The highest BCUT2D eigenvalue weighted by Gasteiger charge is 2.25. The molecule has 0 aliphatic carbocycles. The van der Waals surface area contributed by atoms with Crippen molar-refractivity contribution in [2.24, 2.45) is 5.92 Å². The Hall–Kier alpha value is -1.90. The molecule has 9 heteroatoms. The van der Waals surface area contributed by atoms with Crippen LogP contribution in [0.2, 0.25) is 5.02 Å². The van der Waals surface area contributed by atoms with Gasteiger partial charge in [-0.25, -0.2) is 14.2 Å². The van der Waals surface area contributed by atoms with Crippen LogP contribution in [0.4, 0.5) is 20.0 Å². The van der Waals surface area contributed by atoms with E-state index in [1.807, 2.05) is 0 Å². The van der Waals surface area contributed by atoms with Crippen LogP contribution in [0.3, 0.4) is 0 Å². The van der Waals surface area contributed by atoms with Crippen molar-refractivity contribution in [2.75, 3.05) is 36.9 Å². The minimum Gasteiger partial charge on any atom is -0.381 e. The standard InChI is InChI=1S/C18H20ClFN4O2S/c19-13-7-12(1-2-14(13)20)22-18(25)24-5-3-15-16(9-24)27-17(23-15)21-8-11-4-6-26-10-11/h1-2,7,11H,3-6,8-10H2,(H,21,23)(H,22,25). The van der Waals surface area contributed by atoms with Crippen molar-refractivity contribution in [1.82, 2.24) is 9.88 Å². The maximum Gasteiger partial charge on any atom is 0.322 e. The number of hydrogen-bond acceptors (Lipinski definition) is 5. The van der Waals surface area contributed by atoms with Gasteiger partial charge in [-0.1, -0.05) is 22.9 Å². The van der Waals surface area contributed by atoms with E-state index in [1.54, 1.807) is 16.2 Å². The molecule has 2 N–H and O–H groups in total. The lowest BCUT2D eigenvalue weighted by molar-refractivity contribution is 0.187. The number of ether oxygens (including phenoxy) is 1. The molecule has 2 amide bonds. The Kier molecular flexibility index (Phi) is 5.47. The van der Waals surface area contributed by atoms with Crippen LogP contribution in [0.25, 0.3) is 0 Å². The van der Waals surface area contributed by atoms with Crippen LogP contribution in [0.15, 0.2) is 18.2 Å². The van der Waals surface area contributed by atoms with E-state index in [1.165, 1.54) is 18.2 Å². The lowest BCUT2D eigenvalue weighted by atomic mass is 10.1. The lowest BCUT2D eigenvalue weighted by Gasteiger charge is -2.26. The quantitative estimate of drug-likeness (QED) is 0.800. The van der Waals surface area contributed by atoms with Gasteiger partial charge >= 0.3 is 6.03 Å². The van der Waals surface area contributed by atoms with E-state index >= 15 is 0 Å². The summed E-state index contributed by atoms with van der Waals surface area (Å²) in [7, 11) is 0. The number of nitrogens with zero attached hydrogens (tertiary/aromatic N) is 2. The Morgan fingerprint density at radius 3 is 3.15 bits per heavy atom. The minimum absolute atomic E-state index is 0.0143. The van der Waals surface area contributed by atoms with Gasteiger partial charge in [-0.15, -0.1) is 0 Å². The third-order valence-electron chi connectivity index (χ3n) is 4.76. The highest BCUT2D eigenvalue weighted by atomic mass is 35.5. The van der Waals surface area contributed by atoms with Gasteiger partial charge in [0.1, 0.15) is 5.82 Å². The summed E-state index contributed by atoms with van der Waals surface area (Å²) in [6.45, 7) is 3.61. The van der Waals surface area contributed by atoms with Crippen LogP contribution in [-0.4, -0.2) is 42.2 Å². The van der Waals surface area contributed by atoms with E-state index in [0.717, 1.165) is 48.3 Å². The summed E-state index contributed by atoms with van der Waals surface area (Å²) in [6, 6.07) is 3.92. The number of anilines is 2. The molecule has 144 valence electrons. The van der Waals surface area contributed by atoms with E-state index in [2.05, 4.69) is 15.6 Å². The predicted octanol–water partition coefficient (Wildman–Crippen LogP) is 3.97. The van der Waals surface area contributed by atoms with Gasteiger partial charge in [0.15, 0.2) is 5.13 Å². The van der Waals surface area contributed by atoms with Crippen LogP contribution in [0, 0.1) is 11.7 Å². The fourth-order valence-electron chi connectivity index (χ4n) is 3.20. The molecule has 1 saturated heterocycles. The maximum atomic E-state index is 13.2. The zero-order valence-electron chi connectivity index (χ0n) is 14.6. The van der Waals surface area contributed by atoms with Crippen LogP contribution < -0.4 is 10.6 Å². The Balaban J connectivity index is 1.35. The molecular weight excluding hydrogens is 391 g/mol. The van der Waals surface area contributed by atoms with Gasteiger partial charge in [0.05, 0.1) is 23.9 Å². The number of nitrogens with one attached hydrogen (secondary N) is 2. The second kappa shape index (κ2) is 8.00. The number of carbonyl (C=O) groups excluding carboxylic acids is 1. The maximum absolute atomic E-state index is 13.2. The molecule has 0 bridgehead atoms. The van der Waals surface area contributed by atoms with Crippen molar-refractivity contribution in [3.05, 3.63) is 39.6 Å². The molecule has 2 aliphatic rings. The van der Waals surface area contributed by atoms with Crippen molar-refractivity contribution < 1.29 is 13.9 Å². The Labute approximate surface area is 165 Å². The van der Waals surface area contributed by atoms with Gasteiger partial charge < -0.3 is 20.3 Å². The largest absolute Gasteiger partial charge is 0.381 e. The smallest absolute Gasteiger partial charge is 0.322 e. The normalized spacial score (nSPS) is 19.0. The third kappa shape index (κ3) is 4.34. The van der Waals surface area contributed by atoms with Gasteiger partial charge in [0, 0.05) is 42.6 Å². The number of carbonyl (C=O) groups is 1. The monoisotopic (exact) mass is 410 g/mol. The summed E-state index contributed by atoms with van der Waals surface area (Å²) < 4.78 is 18.6. The molecule has 0 spiro atoms. The zero-order chi connectivity index (χ0) is 18.8. The van der Waals surface area contributed by atoms with Gasteiger partial charge in [-0.2, -0.15) is 0 Å². The average molecular weight is 411 g/mol. The van der Waals surface area contributed by atoms with E-state index in [9.17, 15) is 9.18 Å². The fraction of sp³-hybridized carbons (Fsp3) is 0.444. The first-order chi connectivity index (χ1) is 13.1. The lowest BCUT2D eigenvalue weighted by Crippen LogP contribution is -2.38. The van der Waals surface area contributed by atoms with Crippen molar-refractivity contribution in [1.29, 1.82) is 0 Å². The summed E-state index contributed by atoms with van der Waals surface area (Å²) in [5, 5.41) is 7.06. The molecular formula is C18H20ClFN4O2S. The SMILES string of the molecule is O=C(Nc1ccc(F)c(Cl)c1)N1CCc2nc(NCC3CCOC3)sc2C1. The van der Waals surface area contributed by atoms with Gasteiger partial charge in [0.2, 0.25) is 0 Å². The highest BCUT2D eigenvalue weighted by Crippen LogP contribution is 2.29. The number of rotatable bonds is 4. The number of urea groups is 1. The first-order valence-corrected chi connectivity index (χ1v) is 10.1. The van der Waals surface area contributed by atoms with Crippen molar-refractivity contribution in [3.63, 3.8) is 0 Å². The van der Waals surface area contributed by atoms with E-state index in [4.69, 9.17) is 16.3 Å². The summed E-state index contributed by atoms with van der Waals surface area (Å²) in [6.07, 6.45) is 1.80. The van der Waals surface area contributed by atoms with Gasteiger partial charge in [-0.3, -0.25) is 0 Å². The van der Waals surface area contributed by atoms with Crippen molar-refractivity contribution >= 4 is 39.8 Å². The third-order valence-corrected chi connectivity index (χ3v) is 6.09. The second-order valence-electron chi connectivity index (χ2n) is 6.73. The van der Waals surface area contributed by atoms with E-state index in [-0.39, 0.29) is 11.1 Å². The number of benzene rings is 1. The average Bonchev–Trinajstić information content (AvgIpc) is 3.31. The number of amides is 2. The summed E-state index contributed by atoms with van der Waals surface area (Å²) in [4.78, 5) is 20.0. The number of fused-ring (bicyclic) bond motifs is 1. The summed E-state index contributed by atoms with van der Waals surface area (Å²) in [5.41, 5.74) is 1.53. The van der Waals surface area contributed by atoms with Gasteiger partial charge in [-0.05, 0) is 24.6 Å². The molecule has 1 aromatic carbocycles. The van der Waals surface area contributed by atoms with Crippen LogP contribution in [0.1, 0.15) is 17.0 Å². The summed E-state index contributed by atoms with van der Waals surface area (Å²) >= 11 is 7.36. The zero-order valence-corrected chi connectivity index (χ0v) is 16.2. The Bertz CT molecular complexity index is 841. The van der Waals surface area contributed by atoms with Crippen LogP contribution in [-0.2, 0) is 17.7 Å². The second-order valence-corrected chi connectivity index (χ2v) is 8.22. The molecule has 27 heavy (non-hydrogen) atoms. The number of thiazole rings is 1. The molecule has 1 atom stereocenters. The molecule has 2 aliphatic heterocycles. The molecule has 4 rings (SSSR count). The molecule has 3 heterocycles. The molecule has 1 fully saturated rings. The topological polar surface area (TPSA) is 66.5 Å². The van der Waals surface area contributed by atoms with Crippen LogP contribution in [0.5, 0.6) is 0 Å². The van der Waals surface area contributed by atoms with Gasteiger partial charge in [0.25, 0.3) is 0 Å². The van der Waals surface area contributed by atoms with Crippen LogP contribution >= 0.6 is 22.9 Å². The molecule has 1 unspecified atom stereocenters. The number of halogens is 2. The number of aromatic nitrogens is 1. The summed E-state index contributed by atoms with van der Waals surface area (Å²) in [5.74, 6) is 0.0295. The highest BCUT2D eigenvalue weighted by molar-refractivity contribution is 7.15. The van der Waals surface area contributed by atoms with Crippen molar-refractivity contribution in [3.8, 4) is 0 Å². The first-order valence-electron chi connectivity index (χ1n) is 8.89. The minimum atomic E-state index is -0.508. The van der Waals surface area contributed by atoms with E-state index < -0.39 is 5.82 Å². The molecule has 2 aromatic rings. The Morgan fingerprint density at radius 1 is 1.48 bits per heavy atom. The molecule has 0 radical (unpaired) electrons.